The highest BCUT2D eigenvalue weighted by Crippen LogP contribution is 2.19. The fourth-order valence-corrected chi connectivity index (χ4v) is 2.38. The molecule has 0 radical (unpaired) electrons. The number of thiophene rings is 1. The van der Waals surface area contributed by atoms with Gasteiger partial charge in [-0.1, -0.05) is 39.0 Å². The van der Waals surface area contributed by atoms with Gasteiger partial charge in [0.2, 0.25) is 0 Å². The summed E-state index contributed by atoms with van der Waals surface area (Å²) >= 11 is 1.27. The first-order valence-electron chi connectivity index (χ1n) is 6.29. The van der Waals surface area contributed by atoms with Crippen LogP contribution in [-0.2, 0) is 0 Å². The average Bonchev–Trinajstić information content (AvgIpc) is 2.77. The van der Waals surface area contributed by atoms with E-state index >= 15 is 0 Å². The van der Waals surface area contributed by atoms with Crippen molar-refractivity contribution in [3.63, 3.8) is 0 Å². The van der Waals surface area contributed by atoms with Gasteiger partial charge in [-0.2, -0.15) is 0 Å². The van der Waals surface area contributed by atoms with Crippen LogP contribution in [0.1, 0.15) is 55.1 Å². The molecule has 0 aliphatic heterocycles. The van der Waals surface area contributed by atoms with Crippen LogP contribution < -0.4 is 5.32 Å². The predicted molar refractivity (Wildman–Crippen MR) is 73.1 cm³/mol. The molecule has 0 bridgehead atoms. The summed E-state index contributed by atoms with van der Waals surface area (Å²) in [6, 6.07) is 1.70. The lowest BCUT2D eigenvalue weighted by atomic mass is 10.1. The Hall–Kier alpha value is -1.03. The molecule has 2 N–H and O–H groups in total. The summed E-state index contributed by atoms with van der Waals surface area (Å²) in [7, 11) is 0. The zero-order valence-electron chi connectivity index (χ0n) is 10.4. The first kappa shape index (κ1) is 14.0. The van der Waals surface area contributed by atoms with Crippen LogP contribution in [0.5, 0.6) is 0 Å². The van der Waals surface area contributed by atoms with Gasteiger partial charge >= 0.3 is 5.97 Å². The summed E-state index contributed by atoms with van der Waals surface area (Å²) in [6.45, 7) is 3.15. The van der Waals surface area contributed by atoms with E-state index in [0.29, 0.717) is 4.88 Å². The van der Waals surface area contributed by atoms with Crippen molar-refractivity contribution in [3.8, 4) is 0 Å². The normalized spacial score (nSPS) is 10.4. The van der Waals surface area contributed by atoms with E-state index in [2.05, 4.69) is 12.2 Å². The number of hydrogen-bond donors (Lipinski definition) is 2. The Labute approximate surface area is 107 Å². The molecule has 17 heavy (non-hydrogen) atoms. The number of rotatable bonds is 9. The minimum absolute atomic E-state index is 0.399. The molecule has 0 aliphatic rings. The number of carboxylic acid groups (broad SMARTS) is 1. The van der Waals surface area contributed by atoms with Gasteiger partial charge in [-0.3, -0.25) is 0 Å². The summed E-state index contributed by atoms with van der Waals surface area (Å²) in [4.78, 5) is 11.1. The number of unbranched alkanes of at least 4 members (excludes halogenated alkanes) is 5. The van der Waals surface area contributed by atoms with E-state index in [9.17, 15) is 4.79 Å². The summed E-state index contributed by atoms with van der Waals surface area (Å²) in [5, 5.41) is 13.9. The Kier molecular flexibility index (Phi) is 6.70. The number of aromatic carboxylic acids is 1. The van der Waals surface area contributed by atoms with E-state index < -0.39 is 5.97 Å². The second-order valence-corrected chi connectivity index (χ2v) is 5.11. The minimum Gasteiger partial charge on any atom is -0.477 e. The maximum Gasteiger partial charge on any atom is 0.345 e. The quantitative estimate of drug-likeness (QED) is 0.649. The number of carboxylic acids is 1. The summed E-state index contributed by atoms with van der Waals surface area (Å²) in [5.74, 6) is -0.845. The summed E-state index contributed by atoms with van der Waals surface area (Å²) in [6.07, 6.45) is 7.66. The topological polar surface area (TPSA) is 49.3 Å². The van der Waals surface area contributed by atoms with Crippen molar-refractivity contribution in [3.05, 3.63) is 16.3 Å². The Bertz CT molecular complexity index is 336. The molecule has 0 amide bonds. The predicted octanol–water partition coefficient (Wildman–Crippen LogP) is 4.22. The molecule has 0 saturated heterocycles. The SMILES string of the molecule is CCCCCCCCNc1csc(C(=O)O)c1. The van der Waals surface area contributed by atoms with Gasteiger partial charge in [0.1, 0.15) is 4.88 Å². The first-order chi connectivity index (χ1) is 8.24. The number of anilines is 1. The Morgan fingerprint density at radius 1 is 1.29 bits per heavy atom. The molecule has 1 rings (SSSR count). The molecule has 0 aromatic carbocycles. The van der Waals surface area contributed by atoms with Gasteiger partial charge in [0.15, 0.2) is 0 Å². The van der Waals surface area contributed by atoms with Crippen molar-refractivity contribution in [2.24, 2.45) is 0 Å². The fourth-order valence-electron chi connectivity index (χ4n) is 1.68. The maximum absolute atomic E-state index is 10.7. The van der Waals surface area contributed by atoms with Crippen molar-refractivity contribution >= 4 is 23.0 Å². The van der Waals surface area contributed by atoms with Crippen LogP contribution in [0.2, 0.25) is 0 Å². The van der Waals surface area contributed by atoms with E-state index in [1.165, 1.54) is 43.4 Å². The summed E-state index contributed by atoms with van der Waals surface area (Å²) in [5.41, 5.74) is 0.931. The third kappa shape index (κ3) is 5.73. The third-order valence-electron chi connectivity index (χ3n) is 2.67. The molecule has 1 heterocycles. The number of hydrogen-bond acceptors (Lipinski definition) is 3. The van der Waals surface area contributed by atoms with Gasteiger partial charge < -0.3 is 10.4 Å². The lowest BCUT2D eigenvalue weighted by Crippen LogP contribution is -2.00. The molecule has 96 valence electrons. The van der Waals surface area contributed by atoms with Crippen molar-refractivity contribution in [2.45, 2.75) is 45.4 Å². The smallest absolute Gasteiger partial charge is 0.345 e. The van der Waals surface area contributed by atoms with E-state index in [1.807, 2.05) is 5.38 Å². The van der Waals surface area contributed by atoms with Crippen LogP contribution in [0.4, 0.5) is 5.69 Å². The van der Waals surface area contributed by atoms with Crippen LogP contribution in [0.3, 0.4) is 0 Å². The van der Waals surface area contributed by atoms with Crippen LogP contribution in [-0.4, -0.2) is 17.6 Å². The van der Waals surface area contributed by atoms with Gasteiger partial charge in [0.05, 0.1) is 0 Å². The standard InChI is InChI=1S/C13H21NO2S/c1-2-3-4-5-6-7-8-14-11-9-12(13(15)16)17-10-11/h9-10,14H,2-8H2,1H3,(H,15,16). The highest BCUT2D eigenvalue weighted by atomic mass is 32.1. The Morgan fingerprint density at radius 2 is 2.00 bits per heavy atom. The zero-order valence-corrected chi connectivity index (χ0v) is 11.2. The van der Waals surface area contributed by atoms with Crippen molar-refractivity contribution in [1.82, 2.24) is 0 Å². The maximum atomic E-state index is 10.7. The molecule has 0 unspecified atom stereocenters. The van der Waals surface area contributed by atoms with Gasteiger partial charge in [-0.15, -0.1) is 11.3 Å². The van der Waals surface area contributed by atoms with E-state index in [-0.39, 0.29) is 0 Å². The van der Waals surface area contributed by atoms with Gasteiger partial charge in [0, 0.05) is 17.6 Å². The molecule has 0 fully saturated rings. The van der Waals surface area contributed by atoms with Crippen molar-refractivity contribution < 1.29 is 9.90 Å². The largest absolute Gasteiger partial charge is 0.477 e. The molecule has 0 aliphatic carbocycles. The second-order valence-electron chi connectivity index (χ2n) is 4.20. The second kappa shape index (κ2) is 8.12. The molecular formula is C13H21NO2S. The average molecular weight is 255 g/mol. The molecule has 1 aromatic heterocycles. The van der Waals surface area contributed by atoms with E-state index in [1.54, 1.807) is 6.07 Å². The van der Waals surface area contributed by atoms with Crippen molar-refractivity contribution in [2.75, 3.05) is 11.9 Å². The molecule has 3 nitrogen and oxygen atoms in total. The zero-order chi connectivity index (χ0) is 12.5. The molecule has 1 aromatic rings. The van der Waals surface area contributed by atoms with Crippen LogP contribution in [0.15, 0.2) is 11.4 Å². The van der Waals surface area contributed by atoms with Gasteiger partial charge in [-0.05, 0) is 12.5 Å². The van der Waals surface area contributed by atoms with Crippen LogP contribution in [0, 0.1) is 0 Å². The molecule has 0 saturated carbocycles. The molecule has 0 spiro atoms. The first-order valence-corrected chi connectivity index (χ1v) is 7.17. The van der Waals surface area contributed by atoms with Crippen molar-refractivity contribution in [1.29, 1.82) is 0 Å². The van der Waals surface area contributed by atoms with E-state index in [0.717, 1.165) is 18.7 Å². The summed E-state index contributed by atoms with van der Waals surface area (Å²) < 4.78 is 0. The lowest BCUT2D eigenvalue weighted by molar-refractivity contribution is 0.0702. The fraction of sp³-hybridized carbons (Fsp3) is 0.615. The van der Waals surface area contributed by atoms with E-state index in [4.69, 9.17) is 5.11 Å². The molecule has 0 atom stereocenters. The highest BCUT2D eigenvalue weighted by molar-refractivity contribution is 7.12. The Morgan fingerprint density at radius 3 is 2.65 bits per heavy atom. The monoisotopic (exact) mass is 255 g/mol. The van der Waals surface area contributed by atoms with Crippen LogP contribution in [0.25, 0.3) is 0 Å². The molecule has 4 heteroatoms. The third-order valence-corrected chi connectivity index (χ3v) is 3.59. The molecular weight excluding hydrogens is 234 g/mol. The van der Waals surface area contributed by atoms with Crippen LogP contribution >= 0.6 is 11.3 Å². The Balaban J connectivity index is 2.07. The highest BCUT2D eigenvalue weighted by Gasteiger charge is 2.05. The van der Waals surface area contributed by atoms with Gasteiger partial charge in [0.25, 0.3) is 0 Å². The lowest BCUT2D eigenvalue weighted by Gasteiger charge is -2.03. The minimum atomic E-state index is -0.845. The number of nitrogens with one attached hydrogen (secondary N) is 1. The van der Waals surface area contributed by atoms with Gasteiger partial charge in [-0.25, -0.2) is 4.79 Å². The number of carbonyl (C=O) groups is 1.